The van der Waals surface area contributed by atoms with Gasteiger partial charge in [-0.05, 0) is 30.7 Å². The van der Waals surface area contributed by atoms with E-state index >= 15 is 0 Å². The lowest BCUT2D eigenvalue weighted by molar-refractivity contribution is 0.413. The van der Waals surface area contributed by atoms with Gasteiger partial charge in [0.1, 0.15) is 17.4 Å². The Morgan fingerprint density at radius 3 is 2.78 bits per heavy atom. The number of aryl methyl sites for hydroxylation is 1. The minimum atomic E-state index is -0.348. The molecule has 4 nitrogen and oxygen atoms in total. The highest BCUT2D eigenvalue weighted by Crippen LogP contribution is 2.28. The minimum absolute atomic E-state index is 0.348. The molecule has 0 aliphatic carbocycles. The summed E-state index contributed by atoms with van der Waals surface area (Å²) in [5.41, 5.74) is 7.79. The van der Waals surface area contributed by atoms with Gasteiger partial charge in [0.2, 0.25) is 0 Å². The number of methoxy groups -OCH3 is 1. The van der Waals surface area contributed by atoms with Crippen molar-refractivity contribution in [3.63, 3.8) is 0 Å². The van der Waals surface area contributed by atoms with Crippen molar-refractivity contribution >= 4 is 17.2 Å². The zero-order valence-electron chi connectivity index (χ0n) is 10.2. The zero-order chi connectivity index (χ0) is 13.1. The van der Waals surface area contributed by atoms with Crippen LogP contribution in [0.15, 0.2) is 30.5 Å². The van der Waals surface area contributed by atoms with Crippen molar-refractivity contribution in [2.24, 2.45) is 0 Å². The highest BCUT2D eigenvalue weighted by molar-refractivity contribution is 5.66. The number of rotatable bonds is 3. The van der Waals surface area contributed by atoms with Gasteiger partial charge in [-0.3, -0.25) is 0 Å². The molecule has 2 aromatic rings. The molecule has 0 spiro atoms. The van der Waals surface area contributed by atoms with Gasteiger partial charge < -0.3 is 15.8 Å². The second-order valence-corrected chi connectivity index (χ2v) is 3.90. The number of nitrogen functional groups attached to an aromatic ring is 1. The summed E-state index contributed by atoms with van der Waals surface area (Å²) in [6.07, 6.45) is 1.56. The number of nitrogens with one attached hydrogen (secondary N) is 1. The van der Waals surface area contributed by atoms with E-state index in [1.165, 1.54) is 19.2 Å². The maximum absolute atomic E-state index is 13.1. The van der Waals surface area contributed by atoms with Crippen molar-refractivity contribution in [1.29, 1.82) is 0 Å². The number of ether oxygens (including phenoxy) is 1. The summed E-state index contributed by atoms with van der Waals surface area (Å²) in [5.74, 6) is 0.738. The van der Waals surface area contributed by atoms with Crippen LogP contribution in [-0.4, -0.2) is 12.1 Å². The van der Waals surface area contributed by atoms with Crippen LogP contribution in [0.4, 0.5) is 21.6 Å². The summed E-state index contributed by atoms with van der Waals surface area (Å²) < 4.78 is 18.2. The van der Waals surface area contributed by atoms with Crippen molar-refractivity contribution in [3.8, 4) is 5.75 Å². The first-order valence-corrected chi connectivity index (χ1v) is 5.43. The van der Waals surface area contributed by atoms with Crippen molar-refractivity contribution in [2.75, 3.05) is 18.2 Å². The predicted octanol–water partition coefficient (Wildman–Crippen LogP) is 2.86. The number of halogens is 1. The van der Waals surface area contributed by atoms with Gasteiger partial charge in [0.05, 0.1) is 24.7 Å². The SMILES string of the molecule is COc1cc(F)ccc1Nc1ncc(N)cc1C. The second kappa shape index (κ2) is 4.91. The minimum Gasteiger partial charge on any atom is -0.494 e. The number of anilines is 3. The molecule has 18 heavy (non-hydrogen) atoms. The molecule has 0 bridgehead atoms. The van der Waals surface area contributed by atoms with Gasteiger partial charge in [-0.2, -0.15) is 0 Å². The molecule has 1 aromatic heterocycles. The summed E-state index contributed by atoms with van der Waals surface area (Å²) in [6, 6.07) is 6.09. The molecule has 0 aliphatic rings. The van der Waals surface area contributed by atoms with Gasteiger partial charge in [0.25, 0.3) is 0 Å². The third-order valence-corrected chi connectivity index (χ3v) is 2.52. The van der Waals surface area contributed by atoms with E-state index in [1.54, 1.807) is 12.3 Å². The summed E-state index contributed by atoms with van der Waals surface area (Å²) >= 11 is 0. The Morgan fingerprint density at radius 2 is 2.11 bits per heavy atom. The Hall–Kier alpha value is -2.30. The second-order valence-electron chi connectivity index (χ2n) is 3.90. The van der Waals surface area contributed by atoms with E-state index in [0.717, 1.165) is 5.56 Å². The molecule has 0 radical (unpaired) electrons. The van der Waals surface area contributed by atoms with Crippen LogP contribution >= 0.6 is 0 Å². The molecule has 1 aromatic carbocycles. The van der Waals surface area contributed by atoms with Gasteiger partial charge in [-0.1, -0.05) is 0 Å². The maximum Gasteiger partial charge on any atom is 0.145 e. The van der Waals surface area contributed by atoms with Crippen molar-refractivity contribution < 1.29 is 9.13 Å². The van der Waals surface area contributed by atoms with E-state index in [9.17, 15) is 4.39 Å². The Bertz CT molecular complexity index is 572. The third-order valence-electron chi connectivity index (χ3n) is 2.52. The number of aromatic nitrogens is 1. The van der Waals surface area contributed by atoms with Crippen LogP contribution in [0.25, 0.3) is 0 Å². The molecule has 0 saturated heterocycles. The first-order chi connectivity index (χ1) is 8.60. The fraction of sp³-hybridized carbons (Fsp3) is 0.154. The fourth-order valence-electron chi connectivity index (χ4n) is 1.62. The summed E-state index contributed by atoms with van der Waals surface area (Å²) in [5, 5.41) is 3.09. The number of pyridine rings is 1. The third kappa shape index (κ3) is 2.51. The molecular weight excluding hydrogens is 233 g/mol. The molecule has 94 valence electrons. The van der Waals surface area contributed by atoms with Crippen LogP contribution < -0.4 is 15.8 Å². The Morgan fingerprint density at radius 1 is 1.33 bits per heavy atom. The largest absolute Gasteiger partial charge is 0.494 e. The van der Waals surface area contributed by atoms with Crippen LogP contribution in [0.2, 0.25) is 0 Å². The smallest absolute Gasteiger partial charge is 0.145 e. The molecule has 0 unspecified atom stereocenters. The normalized spacial score (nSPS) is 10.2. The molecule has 0 fully saturated rings. The number of nitrogens with two attached hydrogens (primary N) is 1. The Balaban J connectivity index is 2.33. The molecule has 0 aliphatic heterocycles. The summed E-state index contributed by atoms with van der Waals surface area (Å²) in [7, 11) is 1.49. The van der Waals surface area contributed by atoms with Gasteiger partial charge in [-0.25, -0.2) is 9.37 Å². The predicted molar refractivity (Wildman–Crippen MR) is 69.6 cm³/mol. The lowest BCUT2D eigenvalue weighted by Gasteiger charge is -2.12. The van der Waals surface area contributed by atoms with Gasteiger partial charge in [0.15, 0.2) is 0 Å². The molecule has 5 heteroatoms. The zero-order valence-corrected chi connectivity index (χ0v) is 10.2. The summed E-state index contributed by atoms with van der Waals surface area (Å²) in [4.78, 5) is 4.19. The van der Waals surface area contributed by atoms with E-state index in [2.05, 4.69) is 10.3 Å². The first-order valence-electron chi connectivity index (χ1n) is 5.43. The van der Waals surface area contributed by atoms with Gasteiger partial charge in [0, 0.05) is 6.07 Å². The van der Waals surface area contributed by atoms with E-state index in [-0.39, 0.29) is 5.82 Å². The van der Waals surface area contributed by atoms with Crippen LogP contribution in [0.1, 0.15) is 5.56 Å². The monoisotopic (exact) mass is 247 g/mol. The molecule has 2 rings (SSSR count). The highest BCUT2D eigenvalue weighted by Gasteiger charge is 2.07. The number of hydrogen-bond donors (Lipinski definition) is 2. The highest BCUT2D eigenvalue weighted by atomic mass is 19.1. The van der Waals surface area contributed by atoms with Crippen LogP contribution in [-0.2, 0) is 0 Å². The lowest BCUT2D eigenvalue weighted by Crippen LogP contribution is -2.00. The first kappa shape index (κ1) is 12.2. The average Bonchev–Trinajstić information content (AvgIpc) is 2.34. The molecule has 3 N–H and O–H groups in total. The standard InChI is InChI=1S/C13H14FN3O/c1-8-5-10(15)7-16-13(8)17-11-4-3-9(14)6-12(11)18-2/h3-7H,15H2,1-2H3,(H,16,17). The summed E-state index contributed by atoms with van der Waals surface area (Å²) in [6.45, 7) is 1.89. The number of hydrogen-bond acceptors (Lipinski definition) is 4. The van der Waals surface area contributed by atoms with Crippen molar-refractivity contribution in [3.05, 3.63) is 41.8 Å². The maximum atomic E-state index is 13.1. The van der Waals surface area contributed by atoms with E-state index < -0.39 is 0 Å². The van der Waals surface area contributed by atoms with Crippen LogP contribution in [0, 0.1) is 12.7 Å². The van der Waals surface area contributed by atoms with Crippen molar-refractivity contribution in [2.45, 2.75) is 6.92 Å². The Labute approximate surface area is 105 Å². The topological polar surface area (TPSA) is 60.2 Å². The molecular formula is C13H14FN3O. The van der Waals surface area contributed by atoms with Gasteiger partial charge >= 0.3 is 0 Å². The van der Waals surface area contributed by atoms with Crippen molar-refractivity contribution in [1.82, 2.24) is 4.98 Å². The van der Waals surface area contributed by atoms with Crippen LogP contribution in [0.3, 0.4) is 0 Å². The van der Waals surface area contributed by atoms with E-state index in [1.807, 2.05) is 13.0 Å². The molecule has 1 heterocycles. The van der Waals surface area contributed by atoms with E-state index in [4.69, 9.17) is 10.5 Å². The molecule has 0 atom stereocenters. The fourth-order valence-corrected chi connectivity index (χ4v) is 1.62. The lowest BCUT2D eigenvalue weighted by atomic mass is 10.2. The number of benzene rings is 1. The van der Waals surface area contributed by atoms with Gasteiger partial charge in [-0.15, -0.1) is 0 Å². The average molecular weight is 247 g/mol. The van der Waals surface area contributed by atoms with E-state index in [0.29, 0.717) is 22.9 Å². The Kier molecular flexibility index (Phi) is 3.32. The molecule has 0 amide bonds. The number of nitrogens with zero attached hydrogens (tertiary/aromatic N) is 1. The molecule has 0 saturated carbocycles. The van der Waals surface area contributed by atoms with Crippen LogP contribution in [0.5, 0.6) is 5.75 Å². The quantitative estimate of drug-likeness (QED) is 0.875.